The summed E-state index contributed by atoms with van der Waals surface area (Å²) in [6, 6.07) is 0.0574. The first kappa shape index (κ1) is 13.8. The first-order valence-electron chi connectivity index (χ1n) is 7.25. The molecule has 18 heavy (non-hydrogen) atoms. The zero-order valence-corrected chi connectivity index (χ0v) is 11.5. The first-order valence-corrected chi connectivity index (χ1v) is 7.25. The van der Waals surface area contributed by atoms with E-state index < -0.39 is 0 Å². The van der Waals surface area contributed by atoms with Gasteiger partial charge in [0.2, 0.25) is 5.91 Å². The van der Waals surface area contributed by atoms with Crippen LogP contribution < -0.4 is 10.6 Å². The molecule has 2 rings (SSSR count). The van der Waals surface area contributed by atoms with Crippen LogP contribution in [0.2, 0.25) is 0 Å². The Bertz CT molecular complexity index is 258. The van der Waals surface area contributed by atoms with Crippen LogP contribution in [0.1, 0.15) is 19.8 Å². The van der Waals surface area contributed by atoms with Gasteiger partial charge >= 0.3 is 0 Å². The van der Waals surface area contributed by atoms with Crippen molar-refractivity contribution in [2.75, 3.05) is 52.4 Å². The normalized spacial score (nSPS) is 26.4. The molecule has 0 radical (unpaired) electrons. The second-order valence-electron chi connectivity index (χ2n) is 5.22. The standard InChI is InChI=1S/C13H26N4O/c1-2-16-8-10-17(11-9-16)7-6-15-13(18)12-4-3-5-14-12/h12,14H,2-11H2,1H3,(H,15,18). The summed E-state index contributed by atoms with van der Waals surface area (Å²) in [5.74, 6) is 0.180. The van der Waals surface area contributed by atoms with Gasteiger partial charge in [-0.15, -0.1) is 0 Å². The molecule has 2 fully saturated rings. The molecule has 2 aliphatic rings. The first-order chi connectivity index (χ1) is 8.79. The average molecular weight is 254 g/mol. The SMILES string of the molecule is CCN1CCN(CCNC(=O)C2CCCN2)CC1. The molecule has 2 aliphatic heterocycles. The second kappa shape index (κ2) is 7.07. The highest BCUT2D eigenvalue weighted by molar-refractivity contribution is 5.81. The van der Waals surface area contributed by atoms with Gasteiger partial charge < -0.3 is 15.5 Å². The van der Waals surface area contributed by atoms with Crippen LogP contribution in [-0.2, 0) is 4.79 Å². The summed E-state index contributed by atoms with van der Waals surface area (Å²) in [4.78, 5) is 16.7. The minimum atomic E-state index is 0.0574. The van der Waals surface area contributed by atoms with Crippen molar-refractivity contribution in [3.05, 3.63) is 0 Å². The van der Waals surface area contributed by atoms with E-state index in [1.54, 1.807) is 0 Å². The molecule has 0 saturated carbocycles. The maximum atomic E-state index is 11.8. The number of piperazine rings is 1. The van der Waals surface area contributed by atoms with Crippen molar-refractivity contribution in [1.82, 2.24) is 20.4 Å². The smallest absolute Gasteiger partial charge is 0.237 e. The van der Waals surface area contributed by atoms with E-state index in [1.807, 2.05) is 0 Å². The number of likely N-dealkylation sites (N-methyl/N-ethyl adjacent to an activating group) is 1. The van der Waals surface area contributed by atoms with Gasteiger partial charge in [0.1, 0.15) is 0 Å². The maximum absolute atomic E-state index is 11.8. The molecule has 1 unspecified atom stereocenters. The summed E-state index contributed by atoms with van der Waals surface area (Å²) < 4.78 is 0. The number of nitrogens with one attached hydrogen (secondary N) is 2. The fraction of sp³-hybridized carbons (Fsp3) is 0.923. The van der Waals surface area contributed by atoms with Crippen molar-refractivity contribution >= 4 is 5.91 Å². The van der Waals surface area contributed by atoms with Crippen molar-refractivity contribution in [3.8, 4) is 0 Å². The van der Waals surface area contributed by atoms with Gasteiger partial charge in [0.25, 0.3) is 0 Å². The van der Waals surface area contributed by atoms with Crippen LogP contribution in [0.4, 0.5) is 0 Å². The third-order valence-corrected chi connectivity index (χ3v) is 4.02. The Morgan fingerprint density at radius 2 is 2.00 bits per heavy atom. The van der Waals surface area contributed by atoms with Crippen molar-refractivity contribution < 1.29 is 4.79 Å². The molecule has 0 aromatic rings. The lowest BCUT2D eigenvalue weighted by Crippen LogP contribution is -2.49. The summed E-state index contributed by atoms with van der Waals surface area (Å²) >= 11 is 0. The van der Waals surface area contributed by atoms with Gasteiger partial charge in [0.15, 0.2) is 0 Å². The number of carbonyl (C=O) groups excluding carboxylic acids is 1. The second-order valence-corrected chi connectivity index (χ2v) is 5.22. The summed E-state index contributed by atoms with van der Waals surface area (Å²) in [7, 11) is 0. The Morgan fingerprint density at radius 1 is 1.28 bits per heavy atom. The lowest BCUT2D eigenvalue weighted by molar-refractivity contribution is -0.122. The van der Waals surface area contributed by atoms with E-state index in [9.17, 15) is 4.79 Å². The summed E-state index contributed by atoms with van der Waals surface area (Å²) in [6.07, 6.45) is 2.11. The molecule has 1 amide bonds. The van der Waals surface area contributed by atoms with E-state index in [-0.39, 0.29) is 11.9 Å². The van der Waals surface area contributed by atoms with Gasteiger partial charge in [-0.25, -0.2) is 0 Å². The van der Waals surface area contributed by atoms with Crippen molar-refractivity contribution in [2.24, 2.45) is 0 Å². The molecule has 2 N–H and O–H groups in total. The highest BCUT2D eigenvalue weighted by Gasteiger charge is 2.21. The zero-order valence-electron chi connectivity index (χ0n) is 11.5. The maximum Gasteiger partial charge on any atom is 0.237 e. The van der Waals surface area contributed by atoms with Crippen LogP contribution in [0, 0.1) is 0 Å². The van der Waals surface area contributed by atoms with Gasteiger partial charge in [0, 0.05) is 39.3 Å². The predicted octanol–water partition coefficient (Wildman–Crippen LogP) is -0.508. The number of carbonyl (C=O) groups is 1. The molecule has 0 bridgehead atoms. The average Bonchev–Trinajstić information content (AvgIpc) is 2.93. The minimum absolute atomic E-state index is 0.0574. The van der Waals surface area contributed by atoms with Gasteiger partial charge in [-0.3, -0.25) is 9.69 Å². The monoisotopic (exact) mass is 254 g/mol. The van der Waals surface area contributed by atoms with E-state index >= 15 is 0 Å². The topological polar surface area (TPSA) is 47.6 Å². The lowest BCUT2D eigenvalue weighted by Gasteiger charge is -2.34. The Balaban J connectivity index is 1.56. The van der Waals surface area contributed by atoms with Crippen LogP contribution in [0.15, 0.2) is 0 Å². The number of rotatable bonds is 5. The van der Waals surface area contributed by atoms with E-state index in [1.165, 1.54) is 0 Å². The molecule has 0 spiro atoms. The van der Waals surface area contributed by atoms with E-state index in [0.29, 0.717) is 0 Å². The van der Waals surface area contributed by atoms with Crippen LogP contribution in [0.3, 0.4) is 0 Å². The highest BCUT2D eigenvalue weighted by atomic mass is 16.2. The quantitative estimate of drug-likeness (QED) is 0.694. The van der Waals surface area contributed by atoms with Gasteiger partial charge in [-0.05, 0) is 25.9 Å². The van der Waals surface area contributed by atoms with Gasteiger partial charge in [-0.1, -0.05) is 6.92 Å². The molecule has 5 nitrogen and oxygen atoms in total. The summed E-state index contributed by atoms with van der Waals surface area (Å²) in [6.45, 7) is 10.7. The molecule has 0 aliphatic carbocycles. The molecule has 0 aromatic carbocycles. The Hall–Kier alpha value is -0.650. The zero-order chi connectivity index (χ0) is 12.8. The molecule has 2 saturated heterocycles. The Morgan fingerprint density at radius 3 is 2.61 bits per heavy atom. The van der Waals surface area contributed by atoms with E-state index in [0.717, 1.165) is 65.2 Å². The highest BCUT2D eigenvalue weighted by Crippen LogP contribution is 2.04. The fourth-order valence-corrected chi connectivity index (χ4v) is 2.70. The van der Waals surface area contributed by atoms with Crippen LogP contribution >= 0.6 is 0 Å². The van der Waals surface area contributed by atoms with E-state index in [2.05, 4.69) is 27.4 Å². The Labute approximate surface area is 110 Å². The van der Waals surface area contributed by atoms with Crippen molar-refractivity contribution in [1.29, 1.82) is 0 Å². The molecule has 0 aromatic heterocycles. The van der Waals surface area contributed by atoms with Crippen LogP contribution in [-0.4, -0.2) is 74.1 Å². The number of nitrogens with zero attached hydrogens (tertiary/aromatic N) is 2. The molecule has 2 heterocycles. The summed E-state index contributed by atoms with van der Waals surface area (Å²) in [5.41, 5.74) is 0. The van der Waals surface area contributed by atoms with E-state index in [4.69, 9.17) is 0 Å². The van der Waals surface area contributed by atoms with Gasteiger partial charge in [-0.2, -0.15) is 0 Å². The number of hydrogen-bond acceptors (Lipinski definition) is 4. The predicted molar refractivity (Wildman–Crippen MR) is 72.6 cm³/mol. The third-order valence-electron chi connectivity index (χ3n) is 4.02. The Kier molecular flexibility index (Phi) is 5.41. The van der Waals surface area contributed by atoms with Crippen LogP contribution in [0.25, 0.3) is 0 Å². The largest absolute Gasteiger partial charge is 0.353 e. The minimum Gasteiger partial charge on any atom is -0.353 e. The summed E-state index contributed by atoms with van der Waals surface area (Å²) in [5, 5.41) is 6.27. The third kappa shape index (κ3) is 3.93. The molecule has 104 valence electrons. The van der Waals surface area contributed by atoms with Crippen LogP contribution in [0.5, 0.6) is 0 Å². The molecule has 1 atom stereocenters. The number of hydrogen-bond donors (Lipinski definition) is 2. The van der Waals surface area contributed by atoms with Crippen molar-refractivity contribution in [3.63, 3.8) is 0 Å². The fourth-order valence-electron chi connectivity index (χ4n) is 2.70. The molecular formula is C13H26N4O. The van der Waals surface area contributed by atoms with Crippen molar-refractivity contribution in [2.45, 2.75) is 25.8 Å². The molecule has 5 heteroatoms. The molecular weight excluding hydrogens is 228 g/mol. The van der Waals surface area contributed by atoms with Gasteiger partial charge in [0.05, 0.1) is 6.04 Å². The lowest BCUT2D eigenvalue weighted by atomic mass is 10.2. The number of amides is 1.